The molecule has 80 valence electrons. The van der Waals surface area contributed by atoms with Gasteiger partial charge in [-0.25, -0.2) is 14.8 Å². The van der Waals surface area contributed by atoms with Crippen LogP contribution in [-0.4, -0.2) is 27.9 Å². The molecule has 0 radical (unpaired) electrons. The number of hydrogen-bond donors (Lipinski definition) is 2. The number of primary amides is 1. The number of hydrogen-bond acceptors (Lipinski definition) is 6. The molecular formula is C8H10N4O3. The van der Waals surface area contributed by atoms with Crippen molar-refractivity contribution in [2.45, 2.75) is 13.0 Å². The van der Waals surface area contributed by atoms with Gasteiger partial charge in [0, 0.05) is 12.4 Å². The average Bonchev–Trinajstić information content (AvgIpc) is 2.18. The number of nitrogens with zero attached hydrogens (tertiary/aromatic N) is 2. The van der Waals surface area contributed by atoms with Crippen LogP contribution in [0, 0.1) is 0 Å². The predicted octanol–water partition coefficient (Wildman–Crippen LogP) is -0.911. The van der Waals surface area contributed by atoms with E-state index in [0.29, 0.717) is 0 Å². The van der Waals surface area contributed by atoms with Crippen molar-refractivity contribution in [3.05, 3.63) is 18.1 Å². The van der Waals surface area contributed by atoms with E-state index >= 15 is 0 Å². The van der Waals surface area contributed by atoms with Crippen LogP contribution in [-0.2, 0) is 9.53 Å². The second kappa shape index (κ2) is 4.36. The number of aromatic nitrogens is 2. The summed E-state index contributed by atoms with van der Waals surface area (Å²) in [5, 5.41) is 0. The summed E-state index contributed by atoms with van der Waals surface area (Å²) < 4.78 is 4.68. The topological polar surface area (TPSA) is 121 Å². The lowest BCUT2D eigenvalue weighted by molar-refractivity contribution is -0.125. The molecule has 7 nitrogen and oxygen atoms in total. The van der Waals surface area contributed by atoms with E-state index in [4.69, 9.17) is 11.5 Å². The summed E-state index contributed by atoms with van der Waals surface area (Å²) in [5.74, 6) is -1.63. The Kier molecular flexibility index (Phi) is 3.17. The van der Waals surface area contributed by atoms with Crippen LogP contribution in [0.5, 0.6) is 0 Å². The summed E-state index contributed by atoms with van der Waals surface area (Å²) in [6.45, 7) is 1.35. The van der Waals surface area contributed by atoms with Gasteiger partial charge in [0.1, 0.15) is 0 Å². The van der Waals surface area contributed by atoms with E-state index < -0.39 is 18.0 Å². The van der Waals surface area contributed by atoms with Gasteiger partial charge in [-0.3, -0.25) is 4.79 Å². The van der Waals surface area contributed by atoms with Crippen molar-refractivity contribution < 1.29 is 14.3 Å². The molecule has 1 atom stereocenters. The van der Waals surface area contributed by atoms with E-state index in [1.165, 1.54) is 19.3 Å². The summed E-state index contributed by atoms with van der Waals surface area (Å²) in [6, 6.07) is 0. The second-order valence-electron chi connectivity index (χ2n) is 2.74. The molecule has 0 saturated heterocycles. The molecule has 0 bridgehead atoms. The fraction of sp³-hybridized carbons (Fsp3) is 0.250. The Bertz CT molecular complexity index is 393. The van der Waals surface area contributed by atoms with Crippen LogP contribution in [0.4, 0.5) is 5.82 Å². The van der Waals surface area contributed by atoms with Crippen LogP contribution in [0.3, 0.4) is 0 Å². The van der Waals surface area contributed by atoms with Crippen LogP contribution in [0.25, 0.3) is 0 Å². The van der Waals surface area contributed by atoms with Gasteiger partial charge in [0.25, 0.3) is 5.91 Å². The molecule has 1 aromatic rings. The Balaban J connectivity index is 2.78. The number of anilines is 1. The van der Waals surface area contributed by atoms with Gasteiger partial charge in [-0.2, -0.15) is 0 Å². The van der Waals surface area contributed by atoms with E-state index in [2.05, 4.69) is 14.7 Å². The minimum atomic E-state index is -1.03. The lowest BCUT2D eigenvalue weighted by Gasteiger charge is -2.09. The zero-order chi connectivity index (χ0) is 11.4. The monoisotopic (exact) mass is 210 g/mol. The molecule has 0 aliphatic heterocycles. The number of carbonyl (C=O) groups excluding carboxylic acids is 2. The van der Waals surface area contributed by atoms with Crippen LogP contribution < -0.4 is 11.5 Å². The van der Waals surface area contributed by atoms with Crippen LogP contribution in [0.15, 0.2) is 12.4 Å². The van der Waals surface area contributed by atoms with Gasteiger partial charge in [-0.15, -0.1) is 0 Å². The molecule has 15 heavy (non-hydrogen) atoms. The lowest BCUT2D eigenvalue weighted by atomic mass is 10.3. The summed E-state index contributed by atoms with van der Waals surface area (Å²) in [6.07, 6.45) is 1.60. The molecule has 0 unspecified atom stereocenters. The van der Waals surface area contributed by atoms with Gasteiger partial charge >= 0.3 is 5.97 Å². The normalized spacial score (nSPS) is 11.8. The van der Waals surface area contributed by atoms with Gasteiger partial charge < -0.3 is 16.2 Å². The average molecular weight is 210 g/mol. The van der Waals surface area contributed by atoms with E-state index in [-0.39, 0.29) is 11.5 Å². The van der Waals surface area contributed by atoms with Gasteiger partial charge in [-0.1, -0.05) is 0 Å². The summed E-state index contributed by atoms with van der Waals surface area (Å²) in [5.41, 5.74) is 10.2. The number of carbonyl (C=O) groups is 2. The fourth-order valence-corrected chi connectivity index (χ4v) is 0.781. The molecule has 0 aromatic carbocycles. The summed E-state index contributed by atoms with van der Waals surface area (Å²) >= 11 is 0. The Morgan fingerprint density at radius 2 is 2.00 bits per heavy atom. The second-order valence-corrected chi connectivity index (χ2v) is 2.74. The molecule has 1 rings (SSSR count). The van der Waals surface area contributed by atoms with Crippen molar-refractivity contribution in [3.8, 4) is 0 Å². The lowest BCUT2D eigenvalue weighted by Crippen LogP contribution is -2.31. The highest BCUT2D eigenvalue weighted by atomic mass is 16.5. The van der Waals surface area contributed by atoms with Crippen molar-refractivity contribution >= 4 is 17.7 Å². The minimum Gasteiger partial charge on any atom is -0.448 e. The molecule has 4 N–H and O–H groups in total. The maximum Gasteiger partial charge on any atom is 0.361 e. The van der Waals surface area contributed by atoms with Gasteiger partial charge in [-0.05, 0) is 6.92 Å². The third-order valence-corrected chi connectivity index (χ3v) is 1.60. The van der Waals surface area contributed by atoms with Crippen molar-refractivity contribution in [3.63, 3.8) is 0 Å². The molecule has 0 fully saturated rings. The largest absolute Gasteiger partial charge is 0.448 e. The molecular weight excluding hydrogens is 200 g/mol. The number of nitrogen functional groups attached to an aromatic ring is 1. The predicted molar refractivity (Wildman–Crippen MR) is 50.5 cm³/mol. The number of esters is 1. The van der Waals surface area contributed by atoms with Gasteiger partial charge in [0.05, 0.1) is 0 Å². The minimum absolute atomic E-state index is 0.0563. The first kappa shape index (κ1) is 10.9. The Hall–Kier alpha value is -2.18. The zero-order valence-electron chi connectivity index (χ0n) is 8.01. The Labute approximate surface area is 85.4 Å². The first-order valence-electron chi connectivity index (χ1n) is 4.09. The number of rotatable bonds is 3. The molecule has 1 amide bonds. The van der Waals surface area contributed by atoms with Crippen molar-refractivity contribution in [1.82, 2.24) is 9.97 Å². The third kappa shape index (κ3) is 2.63. The van der Waals surface area contributed by atoms with Gasteiger partial charge in [0.2, 0.25) is 0 Å². The van der Waals surface area contributed by atoms with Crippen molar-refractivity contribution in [1.29, 1.82) is 0 Å². The molecule has 0 aliphatic carbocycles. The fourth-order valence-electron chi connectivity index (χ4n) is 0.781. The Morgan fingerprint density at radius 1 is 1.40 bits per heavy atom. The first-order chi connectivity index (χ1) is 7.02. The highest BCUT2D eigenvalue weighted by Crippen LogP contribution is 2.06. The maximum absolute atomic E-state index is 11.4. The molecule has 7 heteroatoms. The van der Waals surface area contributed by atoms with E-state index in [1.54, 1.807) is 0 Å². The highest BCUT2D eigenvalue weighted by Gasteiger charge is 2.19. The molecule has 0 aliphatic rings. The van der Waals surface area contributed by atoms with E-state index in [1.807, 2.05) is 0 Å². The van der Waals surface area contributed by atoms with Crippen molar-refractivity contribution in [2.24, 2.45) is 5.73 Å². The highest BCUT2D eigenvalue weighted by molar-refractivity contribution is 5.93. The van der Waals surface area contributed by atoms with Crippen molar-refractivity contribution in [2.75, 3.05) is 5.73 Å². The maximum atomic E-state index is 11.4. The molecule has 1 aromatic heterocycles. The molecule has 0 spiro atoms. The number of amides is 1. The number of nitrogens with two attached hydrogens (primary N) is 2. The number of ether oxygens (including phenoxy) is 1. The standard InChI is InChI=1S/C8H10N4O3/c1-4(7(10)13)15-8(14)5-6(9)12-3-2-11-5/h2-4H,1H3,(H2,9,12)(H2,10,13)/t4-/m0/s1. The Morgan fingerprint density at radius 3 is 2.53 bits per heavy atom. The van der Waals surface area contributed by atoms with Crippen LogP contribution in [0.1, 0.15) is 17.4 Å². The van der Waals surface area contributed by atoms with Crippen LogP contribution in [0.2, 0.25) is 0 Å². The van der Waals surface area contributed by atoms with E-state index in [0.717, 1.165) is 0 Å². The van der Waals surface area contributed by atoms with Crippen LogP contribution >= 0.6 is 0 Å². The first-order valence-corrected chi connectivity index (χ1v) is 4.09. The van der Waals surface area contributed by atoms with E-state index in [9.17, 15) is 9.59 Å². The quantitative estimate of drug-likeness (QED) is 0.623. The molecule has 0 saturated carbocycles. The third-order valence-electron chi connectivity index (χ3n) is 1.60. The summed E-state index contributed by atoms with van der Waals surface area (Å²) in [7, 11) is 0. The van der Waals surface area contributed by atoms with Gasteiger partial charge in [0.15, 0.2) is 17.6 Å². The zero-order valence-corrected chi connectivity index (χ0v) is 8.01. The SMILES string of the molecule is C[C@H](OC(=O)c1nccnc1N)C(N)=O. The molecule has 1 heterocycles. The summed E-state index contributed by atoms with van der Waals surface area (Å²) in [4.78, 5) is 29.3. The smallest absolute Gasteiger partial charge is 0.361 e.